The zero-order valence-electron chi connectivity index (χ0n) is 14.9. The first-order valence-corrected chi connectivity index (χ1v) is 15.2. The summed E-state index contributed by atoms with van der Waals surface area (Å²) in [6.07, 6.45) is -2.82. The molecule has 0 bridgehead atoms. The van der Waals surface area contributed by atoms with Gasteiger partial charge in [-0.2, -0.15) is 0 Å². The fourth-order valence-corrected chi connectivity index (χ4v) is 6.09. The Bertz CT molecular complexity index is 639. The van der Waals surface area contributed by atoms with Crippen molar-refractivity contribution in [1.82, 2.24) is 10.6 Å². The topological polar surface area (TPSA) is 254 Å². The van der Waals surface area contributed by atoms with Gasteiger partial charge >= 0.3 is 30.4 Å². The van der Waals surface area contributed by atoms with Gasteiger partial charge in [0.05, 0.1) is 24.9 Å². The van der Waals surface area contributed by atoms with Crippen LogP contribution >= 0.6 is 30.4 Å². The number of hydrogen-bond acceptors (Lipinski definition) is 6. The molecule has 0 aromatic carbocycles. The van der Waals surface area contributed by atoms with Crippen molar-refractivity contribution in [1.29, 1.82) is 0 Å². The smallest absolute Gasteiger partial charge is 0.324 e. The van der Waals surface area contributed by atoms with E-state index in [1.165, 1.54) is 0 Å². The molecular weight excluding hydrogens is 464 g/mol. The van der Waals surface area contributed by atoms with Gasteiger partial charge in [-0.15, -0.1) is 0 Å². The molecular formula is C10H28N2O12P4. The quantitative estimate of drug-likeness (QED) is 0.0981. The predicted molar refractivity (Wildman–Crippen MR) is 100.0 cm³/mol. The minimum absolute atomic E-state index is 0.186. The molecule has 0 radical (unpaired) electrons. The van der Waals surface area contributed by atoms with Gasteiger partial charge in [-0.3, -0.25) is 23.6 Å². The van der Waals surface area contributed by atoms with E-state index in [4.69, 9.17) is 19.6 Å². The fourth-order valence-electron chi connectivity index (χ4n) is 2.58. The molecule has 0 saturated carbocycles. The number of hydrogen-bond donors (Lipinski definition) is 10. The van der Waals surface area contributed by atoms with Crippen molar-refractivity contribution in [2.24, 2.45) is 0 Å². The molecule has 0 rings (SSSR count). The standard InChI is InChI=1S/C10H28N2O12P4/c13-25(14,15)6-10(7-26(16,17)18,12-9-28(22,23)24)4-2-1-3-5-11-8-27(19,20)21/h11-12H,1-9H2,(H2,13,14,15)(H2,16,17,18)(H2,19,20,21)(H2,22,23,24). The first-order chi connectivity index (χ1) is 12.3. The maximum Gasteiger partial charge on any atom is 0.339 e. The molecule has 0 aromatic rings. The van der Waals surface area contributed by atoms with Crippen LogP contribution in [0.2, 0.25) is 0 Å². The van der Waals surface area contributed by atoms with Gasteiger partial charge < -0.3 is 44.5 Å². The summed E-state index contributed by atoms with van der Waals surface area (Å²) < 4.78 is 44.7. The first-order valence-electron chi connectivity index (χ1n) is 7.97. The second-order valence-electron chi connectivity index (χ2n) is 6.56. The van der Waals surface area contributed by atoms with E-state index < -0.39 is 60.8 Å². The lowest BCUT2D eigenvalue weighted by molar-refractivity contribution is 0.289. The third kappa shape index (κ3) is 17.4. The van der Waals surface area contributed by atoms with Crippen LogP contribution in [0.3, 0.4) is 0 Å². The van der Waals surface area contributed by atoms with E-state index in [0.717, 1.165) is 0 Å². The SMILES string of the molecule is O=P(O)(O)CNCCCCCC(CP(=O)(O)O)(CP(=O)(O)O)NCP(=O)(O)O. The Balaban J connectivity index is 5.02. The van der Waals surface area contributed by atoms with Crippen LogP contribution < -0.4 is 10.6 Å². The maximum atomic E-state index is 11.4. The number of unbranched alkanes of at least 4 members (excludes halogenated alkanes) is 2. The normalized spacial score (nSPS) is 14.4. The molecule has 0 heterocycles. The highest BCUT2D eigenvalue weighted by atomic mass is 31.2. The second kappa shape index (κ2) is 11.2. The first kappa shape index (κ1) is 28.5. The van der Waals surface area contributed by atoms with Gasteiger partial charge in [0.1, 0.15) is 0 Å². The van der Waals surface area contributed by atoms with Gasteiger partial charge in [-0.1, -0.05) is 12.8 Å². The van der Waals surface area contributed by atoms with Crippen molar-refractivity contribution in [3.05, 3.63) is 0 Å². The summed E-state index contributed by atoms with van der Waals surface area (Å²) >= 11 is 0. The van der Waals surface area contributed by atoms with E-state index in [2.05, 4.69) is 10.6 Å². The summed E-state index contributed by atoms with van der Waals surface area (Å²) in [7, 11) is -18.4. The molecule has 170 valence electrons. The Morgan fingerprint density at radius 3 is 1.46 bits per heavy atom. The molecule has 18 heteroatoms. The molecule has 0 aliphatic rings. The minimum atomic E-state index is -4.80. The van der Waals surface area contributed by atoms with Crippen LogP contribution in [-0.4, -0.2) is 76.1 Å². The van der Waals surface area contributed by atoms with Crippen LogP contribution in [0.4, 0.5) is 0 Å². The molecule has 0 fully saturated rings. The molecule has 10 N–H and O–H groups in total. The van der Waals surface area contributed by atoms with Crippen molar-refractivity contribution >= 4 is 30.4 Å². The Hall–Kier alpha value is 0.520. The monoisotopic (exact) mass is 492 g/mol. The van der Waals surface area contributed by atoms with Gasteiger partial charge in [0.15, 0.2) is 0 Å². The van der Waals surface area contributed by atoms with E-state index in [9.17, 15) is 37.8 Å². The van der Waals surface area contributed by atoms with E-state index in [1.54, 1.807) is 0 Å². The molecule has 0 unspecified atom stereocenters. The summed E-state index contributed by atoms with van der Waals surface area (Å²) in [4.78, 5) is 72.5. The summed E-state index contributed by atoms with van der Waals surface area (Å²) in [5.41, 5.74) is -1.90. The zero-order chi connectivity index (χ0) is 22.3. The second-order valence-corrected chi connectivity index (χ2v) is 13.1. The highest BCUT2D eigenvalue weighted by molar-refractivity contribution is 7.53. The average molecular weight is 492 g/mol. The van der Waals surface area contributed by atoms with Gasteiger partial charge in [0.25, 0.3) is 0 Å². The van der Waals surface area contributed by atoms with Crippen LogP contribution in [0.1, 0.15) is 25.7 Å². The molecule has 0 aromatic heterocycles. The van der Waals surface area contributed by atoms with Crippen LogP contribution in [0.5, 0.6) is 0 Å². The fraction of sp³-hybridized carbons (Fsp3) is 1.00. The number of nitrogens with one attached hydrogen (secondary N) is 2. The van der Waals surface area contributed by atoms with Crippen LogP contribution in [-0.2, 0) is 18.3 Å². The van der Waals surface area contributed by atoms with E-state index in [-0.39, 0.29) is 19.4 Å². The van der Waals surface area contributed by atoms with Gasteiger partial charge in [-0.05, 0) is 19.4 Å². The van der Waals surface area contributed by atoms with Crippen LogP contribution in [0, 0.1) is 0 Å². The van der Waals surface area contributed by atoms with Crippen molar-refractivity contribution in [3.8, 4) is 0 Å². The molecule has 0 aliphatic carbocycles. The molecule has 0 atom stereocenters. The third-order valence-electron chi connectivity index (χ3n) is 3.50. The molecule has 0 saturated heterocycles. The Labute approximate surface area is 161 Å². The molecule has 0 aliphatic heterocycles. The van der Waals surface area contributed by atoms with Gasteiger partial charge in [-0.25, -0.2) is 0 Å². The molecule has 0 spiro atoms. The van der Waals surface area contributed by atoms with Gasteiger partial charge in [0, 0.05) is 5.54 Å². The average Bonchev–Trinajstić information content (AvgIpc) is 2.38. The molecule has 14 nitrogen and oxygen atoms in total. The number of rotatable bonds is 15. The zero-order valence-corrected chi connectivity index (χ0v) is 18.4. The van der Waals surface area contributed by atoms with E-state index >= 15 is 0 Å². The van der Waals surface area contributed by atoms with Crippen molar-refractivity contribution < 1.29 is 57.4 Å². The maximum absolute atomic E-state index is 11.4. The minimum Gasteiger partial charge on any atom is -0.324 e. The third-order valence-corrected chi connectivity index (χ3v) is 6.74. The lowest BCUT2D eigenvalue weighted by atomic mass is 9.96. The van der Waals surface area contributed by atoms with Crippen molar-refractivity contribution in [2.75, 3.05) is 31.4 Å². The summed E-state index contributed by atoms with van der Waals surface area (Å²) in [6, 6.07) is 0. The summed E-state index contributed by atoms with van der Waals surface area (Å²) in [5, 5.41) is 4.76. The van der Waals surface area contributed by atoms with E-state index in [1.807, 2.05) is 0 Å². The van der Waals surface area contributed by atoms with E-state index in [0.29, 0.717) is 12.8 Å². The highest BCUT2D eigenvalue weighted by Crippen LogP contribution is 2.48. The Morgan fingerprint density at radius 1 is 0.607 bits per heavy atom. The molecule has 0 amide bonds. The largest absolute Gasteiger partial charge is 0.339 e. The molecule has 28 heavy (non-hydrogen) atoms. The highest BCUT2D eigenvalue weighted by Gasteiger charge is 2.42. The Kier molecular flexibility index (Phi) is 11.4. The lowest BCUT2D eigenvalue weighted by Gasteiger charge is -2.35. The van der Waals surface area contributed by atoms with Crippen molar-refractivity contribution in [2.45, 2.75) is 31.2 Å². The summed E-state index contributed by atoms with van der Waals surface area (Å²) in [6.45, 7) is 0.227. The van der Waals surface area contributed by atoms with Crippen molar-refractivity contribution in [3.63, 3.8) is 0 Å². The van der Waals surface area contributed by atoms with Gasteiger partial charge in [0.2, 0.25) is 0 Å². The summed E-state index contributed by atoms with van der Waals surface area (Å²) in [5.74, 6) is 0. The van der Waals surface area contributed by atoms with Crippen LogP contribution in [0.15, 0.2) is 0 Å². The van der Waals surface area contributed by atoms with Crippen LogP contribution in [0.25, 0.3) is 0 Å². The predicted octanol–water partition coefficient (Wildman–Crippen LogP) is -0.909. The Morgan fingerprint density at radius 2 is 1.07 bits per heavy atom. The lowest BCUT2D eigenvalue weighted by Crippen LogP contribution is -2.51.